The fraction of sp³-hybridized carbons (Fsp3) is 0.400. The topological polar surface area (TPSA) is 38.3 Å². The fourth-order valence-electron chi connectivity index (χ4n) is 2.21. The highest BCUT2D eigenvalue weighted by atomic mass is 79.9. The summed E-state index contributed by atoms with van der Waals surface area (Å²) in [6.45, 7) is 0.968. The van der Waals surface area contributed by atoms with E-state index in [-0.39, 0.29) is 5.97 Å². The third-order valence-corrected chi connectivity index (χ3v) is 3.72. The Hall–Kier alpha value is -1.29. The lowest BCUT2D eigenvalue weighted by Crippen LogP contribution is -2.08. The highest BCUT2D eigenvalue weighted by Gasteiger charge is 2.12. The molecule has 0 radical (unpaired) electrons. The largest absolute Gasteiger partial charge is 0.466 e. The van der Waals surface area contributed by atoms with E-state index in [0.29, 0.717) is 0 Å². The highest BCUT2D eigenvalue weighted by molar-refractivity contribution is 9.10. The molecular formula is C15H18BrNO2. The predicted octanol–water partition coefficient (Wildman–Crippen LogP) is 3.99. The minimum Gasteiger partial charge on any atom is -0.466 e. The van der Waals surface area contributed by atoms with Crippen LogP contribution in [0.15, 0.2) is 28.2 Å². The van der Waals surface area contributed by atoms with Crippen molar-refractivity contribution in [3.63, 3.8) is 0 Å². The van der Waals surface area contributed by atoms with Crippen molar-refractivity contribution in [3.8, 4) is 0 Å². The van der Waals surface area contributed by atoms with E-state index in [2.05, 4.69) is 21.2 Å². The first-order valence-corrected chi connectivity index (χ1v) is 7.32. The number of rotatable bonds is 1. The summed E-state index contributed by atoms with van der Waals surface area (Å²) in [6, 6.07) is 6.06. The molecule has 0 unspecified atom stereocenters. The zero-order chi connectivity index (χ0) is 13.7. The van der Waals surface area contributed by atoms with Crippen molar-refractivity contribution in [1.29, 1.82) is 0 Å². The van der Waals surface area contributed by atoms with E-state index in [4.69, 9.17) is 4.74 Å². The summed E-state index contributed by atoms with van der Waals surface area (Å²) < 4.78 is 5.87. The number of ether oxygens (including phenoxy) is 1. The number of anilines is 1. The third-order valence-electron chi connectivity index (χ3n) is 3.23. The summed E-state index contributed by atoms with van der Waals surface area (Å²) in [6.07, 6.45) is 5.96. The molecule has 0 aromatic heterocycles. The van der Waals surface area contributed by atoms with Crippen LogP contribution in [0, 0.1) is 0 Å². The van der Waals surface area contributed by atoms with Gasteiger partial charge in [0, 0.05) is 22.3 Å². The zero-order valence-corrected chi connectivity index (χ0v) is 12.6. The number of carbonyl (C=O) groups excluding carboxylic acids is 1. The second kappa shape index (κ2) is 6.75. The summed E-state index contributed by atoms with van der Waals surface area (Å²) in [5.74, 6) is -0.230. The Kier molecular flexibility index (Phi) is 5.02. The van der Waals surface area contributed by atoms with E-state index in [1.807, 2.05) is 24.3 Å². The molecule has 0 saturated heterocycles. The number of benzene rings is 1. The molecule has 0 fully saturated rings. The maximum absolute atomic E-state index is 11.8. The van der Waals surface area contributed by atoms with Crippen LogP contribution in [0.1, 0.15) is 31.2 Å². The van der Waals surface area contributed by atoms with Crippen LogP contribution in [-0.4, -0.2) is 19.6 Å². The van der Waals surface area contributed by atoms with Gasteiger partial charge in [-0.1, -0.05) is 22.4 Å². The van der Waals surface area contributed by atoms with Gasteiger partial charge in [-0.15, -0.1) is 0 Å². The molecule has 0 saturated carbocycles. The van der Waals surface area contributed by atoms with Gasteiger partial charge in [0.2, 0.25) is 0 Å². The maximum atomic E-state index is 11.8. The second-order valence-corrected chi connectivity index (χ2v) is 5.55. The average molecular weight is 324 g/mol. The van der Waals surface area contributed by atoms with Crippen molar-refractivity contribution >= 4 is 33.7 Å². The standard InChI is InChI=1S/C15H18BrNO2/c1-19-15(18)11-5-3-2-4-8-17-14-7-6-13(16)10-12(14)9-11/h6-7,9-10,17H,2-5,8H2,1H3/b11-9+. The SMILES string of the molecule is COC(=O)/C1=C/c2cc(Br)ccc2NCCCCC1. The molecule has 4 heteroatoms. The number of methoxy groups -OCH3 is 1. The van der Waals surface area contributed by atoms with Gasteiger partial charge in [0.15, 0.2) is 0 Å². The minimum absolute atomic E-state index is 0.230. The summed E-state index contributed by atoms with van der Waals surface area (Å²) in [4.78, 5) is 11.8. The second-order valence-electron chi connectivity index (χ2n) is 4.63. The van der Waals surface area contributed by atoms with Gasteiger partial charge in [-0.25, -0.2) is 4.79 Å². The molecule has 1 heterocycles. The van der Waals surface area contributed by atoms with Gasteiger partial charge in [0.1, 0.15) is 0 Å². The Balaban J connectivity index is 2.41. The first-order chi connectivity index (χ1) is 9.20. The molecule has 1 aromatic rings. The Bertz CT molecular complexity index is 497. The predicted molar refractivity (Wildman–Crippen MR) is 81.1 cm³/mol. The quantitative estimate of drug-likeness (QED) is 0.794. The number of esters is 1. The summed E-state index contributed by atoms with van der Waals surface area (Å²) in [5, 5.41) is 3.42. The molecule has 1 N–H and O–H groups in total. The summed E-state index contributed by atoms with van der Waals surface area (Å²) in [5.41, 5.74) is 2.83. The zero-order valence-electron chi connectivity index (χ0n) is 11.0. The molecule has 19 heavy (non-hydrogen) atoms. The molecule has 1 aromatic carbocycles. The number of halogens is 1. The van der Waals surface area contributed by atoms with Crippen molar-refractivity contribution in [3.05, 3.63) is 33.8 Å². The Morgan fingerprint density at radius 1 is 1.32 bits per heavy atom. The number of hydrogen-bond donors (Lipinski definition) is 1. The van der Waals surface area contributed by atoms with E-state index in [0.717, 1.165) is 53.5 Å². The smallest absolute Gasteiger partial charge is 0.333 e. The van der Waals surface area contributed by atoms with Crippen LogP contribution in [0.4, 0.5) is 5.69 Å². The van der Waals surface area contributed by atoms with Crippen LogP contribution < -0.4 is 5.32 Å². The van der Waals surface area contributed by atoms with Crippen LogP contribution in [0.3, 0.4) is 0 Å². The fourth-order valence-corrected chi connectivity index (χ4v) is 2.59. The van der Waals surface area contributed by atoms with Crippen molar-refractivity contribution in [2.75, 3.05) is 19.0 Å². The Morgan fingerprint density at radius 3 is 2.95 bits per heavy atom. The number of carbonyl (C=O) groups is 1. The lowest BCUT2D eigenvalue weighted by atomic mass is 10.0. The molecule has 3 nitrogen and oxygen atoms in total. The van der Waals surface area contributed by atoms with E-state index in [1.165, 1.54) is 7.11 Å². The Morgan fingerprint density at radius 2 is 2.16 bits per heavy atom. The monoisotopic (exact) mass is 323 g/mol. The lowest BCUT2D eigenvalue weighted by molar-refractivity contribution is -0.136. The van der Waals surface area contributed by atoms with Gasteiger partial charge in [-0.2, -0.15) is 0 Å². The van der Waals surface area contributed by atoms with Gasteiger partial charge in [0.05, 0.1) is 7.11 Å². The van der Waals surface area contributed by atoms with Crippen LogP contribution in [0.5, 0.6) is 0 Å². The van der Waals surface area contributed by atoms with Crippen molar-refractivity contribution < 1.29 is 9.53 Å². The first kappa shape index (κ1) is 14.1. The summed E-state index contributed by atoms with van der Waals surface area (Å²) in [7, 11) is 1.43. The highest BCUT2D eigenvalue weighted by Crippen LogP contribution is 2.26. The molecule has 2 rings (SSSR count). The van der Waals surface area contributed by atoms with Crippen LogP contribution in [0.25, 0.3) is 6.08 Å². The molecule has 0 bridgehead atoms. The van der Waals surface area contributed by atoms with E-state index in [1.54, 1.807) is 0 Å². The van der Waals surface area contributed by atoms with Crippen molar-refractivity contribution in [1.82, 2.24) is 0 Å². The van der Waals surface area contributed by atoms with E-state index in [9.17, 15) is 4.79 Å². The van der Waals surface area contributed by atoms with Gasteiger partial charge >= 0.3 is 5.97 Å². The third kappa shape index (κ3) is 3.83. The van der Waals surface area contributed by atoms with Gasteiger partial charge in [-0.3, -0.25) is 0 Å². The molecule has 1 aliphatic heterocycles. The normalized spacial score (nSPS) is 18.5. The van der Waals surface area contributed by atoms with Gasteiger partial charge in [-0.05, 0) is 49.1 Å². The van der Waals surface area contributed by atoms with Crippen molar-refractivity contribution in [2.24, 2.45) is 0 Å². The van der Waals surface area contributed by atoms with E-state index < -0.39 is 0 Å². The Labute approximate surface area is 122 Å². The lowest BCUT2D eigenvalue weighted by Gasteiger charge is -2.14. The van der Waals surface area contributed by atoms with Gasteiger partial charge in [0.25, 0.3) is 0 Å². The average Bonchev–Trinajstić information content (AvgIpc) is 2.42. The molecule has 102 valence electrons. The number of hydrogen-bond acceptors (Lipinski definition) is 3. The molecule has 1 aliphatic rings. The maximum Gasteiger partial charge on any atom is 0.333 e. The molecule has 0 atom stereocenters. The molecule has 0 aliphatic carbocycles. The van der Waals surface area contributed by atoms with E-state index >= 15 is 0 Å². The number of fused-ring (bicyclic) bond motifs is 1. The van der Waals surface area contributed by atoms with Crippen LogP contribution in [-0.2, 0) is 9.53 Å². The first-order valence-electron chi connectivity index (χ1n) is 6.53. The van der Waals surface area contributed by atoms with Crippen molar-refractivity contribution in [2.45, 2.75) is 25.7 Å². The molecular weight excluding hydrogens is 306 g/mol. The van der Waals surface area contributed by atoms with Crippen LogP contribution >= 0.6 is 15.9 Å². The minimum atomic E-state index is -0.230. The summed E-state index contributed by atoms with van der Waals surface area (Å²) >= 11 is 3.47. The molecule has 0 amide bonds. The molecule has 0 spiro atoms. The number of nitrogens with one attached hydrogen (secondary N) is 1. The van der Waals surface area contributed by atoms with Crippen LogP contribution in [0.2, 0.25) is 0 Å². The van der Waals surface area contributed by atoms with Gasteiger partial charge < -0.3 is 10.1 Å².